The molecule has 0 N–H and O–H groups in total. The van der Waals surface area contributed by atoms with E-state index in [-0.39, 0.29) is 0 Å². The van der Waals surface area contributed by atoms with Gasteiger partial charge in [0.2, 0.25) is 0 Å². The summed E-state index contributed by atoms with van der Waals surface area (Å²) in [5, 5.41) is 0. The van der Waals surface area contributed by atoms with E-state index in [9.17, 15) is 26.3 Å². The minimum absolute atomic E-state index is 0.916. The number of rotatable bonds is 4. The Kier molecular flexibility index (Phi) is 4.62. The molecule has 0 aromatic rings. The van der Waals surface area contributed by atoms with Crippen LogP contribution in [0.15, 0.2) is 0 Å². The number of ether oxygens (including phenoxy) is 1. The Morgan fingerprint density at radius 3 is 1.71 bits per heavy atom. The van der Waals surface area contributed by atoms with E-state index in [1.807, 2.05) is 0 Å². The Labute approximate surface area is 74.5 Å². The first kappa shape index (κ1) is 13.5. The van der Waals surface area contributed by atoms with Gasteiger partial charge >= 0.3 is 12.4 Å². The predicted octanol–water partition coefficient (Wildman–Crippen LogP) is 2.03. The standard InChI is InChI=1S/C5H6F6O3/c1-12-14-2-13-3(4(6,7)8)5(9,10)11/h3H,2H2,1H3. The van der Waals surface area contributed by atoms with Gasteiger partial charge in [0.25, 0.3) is 6.10 Å². The first-order valence-electron chi connectivity index (χ1n) is 3.10. The van der Waals surface area contributed by atoms with Gasteiger partial charge in [0.15, 0.2) is 6.79 Å². The molecular formula is C5H6F6O3. The van der Waals surface area contributed by atoms with Gasteiger partial charge in [-0.05, 0) is 0 Å². The second kappa shape index (κ2) is 4.80. The highest BCUT2D eigenvalue weighted by atomic mass is 19.4. The van der Waals surface area contributed by atoms with Crippen molar-refractivity contribution < 1.29 is 40.9 Å². The molecule has 0 aromatic heterocycles. The minimum Gasteiger partial charge on any atom is -0.331 e. The number of halogens is 6. The SMILES string of the molecule is COOCOC(C(F)(F)F)C(F)(F)F. The smallest absolute Gasteiger partial charge is 0.331 e. The molecule has 0 aliphatic carbocycles. The average molecular weight is 228 g/mol. The lowest BCUT2D eigenvalue weighted by Crippen LogP contribution is -2.44. The second-order valence-corrected chi connectivity index (χ2v) is 2.03. The molecule has 0 aliphatic rings. The van der Waals surface area contributed by atoms with Crippen LogP contribution in [0.4, 0.5) is 26.3 Å². The van der Waals surface area contributed by atoms with Crippen LogP contribution >= 0.6 is 0 Å². The minimum atomic E-state index is -5.53. The van der Waals surface area contributed by atoms with Gasteiger partial charge in [-0.1, -0.05) is 0 Å². The molecule has 14 heavy (non-hydrogen) atoms. The Hall–Kier alpha value is -0.540. The zero-order chi connectivity index (χ0) is 11.4. The lowest BCUT2D eigenvalue weighted by molar-refractivity contribution is -0.380. The summed E-state index contributed by atoms with van der Waals surface area (Å²) in [6.07, 6.45) is -14.9. The van der Waals surface area contributed by atoms with E-state index in [4.69, 9.17) is 0 Å². The molecule has 0 spiro atoms. The van der Waals surface area contributed by atoms with Crippen LogP contribution in [0.1, 0.15) is 0 Å². The highest BCUT2D eigenvalue weighted by molar-refractivity contribution is 4.75. The molecular weight excluding hydrogens is 222 g/mol. The predicted molar refractivity (Wildman–Crippen MR) is 29.9 cm³/mol. The van der Waals surface area contributed by atoms with Crippen molar-refractivity contribution in [3.8, 4) is 0 Å². The molecule has 0 saturated heterocycles. The van der Waals surface area contributed by atoms with E-state index < -0.39 is 25.2 Å². The summed E-state index contributed by atoms with van der Waals surface area (Å²) in [4.78, 5) is 7.49. The molecule has 86 valence electrons. The molecule has 0 heterocycles. The molecule has 0 atom stereocenters. The summed E-state index contributed by atoms with van der Waals surface area (Å²) in [7, 11) is 0.916. The zero-order valence-corrected chi connectivity index (χ0v) is 6.78. The van der Waals surface area contributed by atoms with Crippen LogP contribution in [-0.2, 0) is 14.5 Å². The summed E-state index contributed by atoms with van der Waals surface area (Å²) in [6, 6.07) is 0. The van der Waals surface area contributed by atoms with Crippen molar-refractivity contribution in [3.63, 3.8) is 0 Å². The molecule has 0 amide bonds. The molecule has 0 bridgehead atoms. The maximum atomic E-state index is 11.7. The van der Waals surface area contributed by atoms with Gasteiger partial charge in [-0.25, -0.2) is 9.78 Å². The van der Waals surface area contributed by atoms with Crippen molar-refractivity contribution in [2.45, 2.75) is 18.5 Å². The van der Waals surface area contributed by atoms with E-state index in [0.717, 1.165) is 7.11 Å². The fraction of sp³-hybridized carbons (Fsp3) is 1.00. The maximum Gasteiger partial charge on any atom is 0.423 e. The van der Waals surface area contributed by atoms with Crippen molar-refractivity contribution in [3.05, 3.63) is 0 Å². The van der Waals surface area contributed by atoms with E-state index in [1.165, 1.54) is 0 Å². The fourth-order valence-electron chi connectivity index (χ4n) is 0.518. The zero-order valence-electron chi connectivity index (χ0n) is 6.78. The van der Waals surface area contributed by atoms with Gasteiger partial charge in [0.05, 0.1) is 7.11 Å². The first-order valence-corrected chi connectivity index (χ1v) is 3.10. The molecule has 0 radical (unpaired) electrons. The van der Waals surface area contributed by atoms with E-state index >= 15 is 0 Å². The van der Waals surface area contributed by atoms with Crippen molar-refractivity contribution in [2.75, 3.05) is 13.9 Å². The number of hydrogen-bond acceptors (Lipinski definition) is 3. The third-order valence-corrected chi connectivity index (χ3v) is 0.995. The van der Waals surface area contributed by atoms with E-state index in [1.54, 1.807) is 0 Å². The van der Waals surface area contributed by atoms with Gasteiger partial charge < -0.3 is 4.74 Å². The van der Waals surface area contributed by atoms with Crippen molar-refractivity contribution in [1.82, 2.24) is 0 Å². The molecule has 3 nitrogen and oxygen atoms in total. The number of alkyl halides is 6. The summed E-state index contributed by atoms with van der Waals surface area (Å²) < 4.78 is 73.6. The van der Waals surface area contributed by atoms with Crippen LogP contribution < -0.4 is 0 Å². The lowest BCUT2D eigenvalue weighted by Gasteiger charge is -2.22. The normalized spacial score (nSPS) is 13.7. The van der Waals surface area contributed by atoms with Crippen molar-refractivity contribution in [2.24, 2.45) is 0 Å². The van der Waals surface area contributed by atoms with Gasteiger partial charge in [-0.15, -0.1) is 0 Å². The highest BCUT2D eigenvalue weighted by Gasteiger charge is 2.58. The summed E-state index contributed by atoms with van der Waals surface area (Å²) in [5.74, 6) is 0. The van der Waals surface area contributed by atoms with Gasteiger partial charge in [-0.2, -0.15) is 26.3 Å². The molecule has 0 fully saturated rings. The van der Waals surface area contributed by atoms with Crippen LogP contribution in [0.5, 0.6) is 0 Å². The lowest BCUT2D eigenvalue weighted by atomic mass is 10.3. The quantitative estimate of drug-likeness (QED) is 0.242. The van der Waals surface area contributed by atoms with Crippen LogP contribution in [0.2, 0.25) is 0 Å². The third-order valence-electron chi connectivity index (χ3n) is 0.995. The molecule has 0 aliphatic heterocycles. The summed E-state index contributed by atoms with van der Waals surface area (Å²) in [6.45, 7) is -1.26. The van der Waals surface area contributed by atoms with Gasteiger partial charge in [0, 0.05) is 0 Å². The van der Waals surface area contributed by atoms with Gasteiger partial charge in [0.1, 0.15) is 0 Å². The Bertz CT molecular complexity index is 150. The summed E-state index contributed by atoms with van der Waals surface area (Å²) in [5.41, 5.74) is 0. The Balaban J connectivity index is 4.28. The highest BCUT2D eigenvalue weighted by Crippen LogP contribution is 2.35. The average Bonchev–Trinajstić information content (AvgIpc) is 1.92. The van der Waals surface area contributed by atoms with Crippen LogP contribution in [0.3, 0.4) is 0 Å². The van der Waals surface area contributed by atoms with Crippen molar-refractivity contribution >= 4 is 0 Å². The van der Waals surface area contributed by atoms with Crippen LogP contribution in [-0.4, -0.2) is 32.4 Å². The molecule has 9 heteroatoms. The van der Waals surface area contributed by atoms with Crippen LogP contribution in [0.25, 0.3) is 0 Å². The number of hydrogen-bond donors (Lipinski definition) is 0. The Morgan fingerprint density at radius 2 is 1.43 bits per heavy atom. The van der Waals surface area contributed by atoms with Gasteiger partial charge in [-0.3, -0.25) is 0 Å². The van der Waals surface area contributed by atoms with Crippen LogP contribution in [0, 0.1) is 0 Å². The molecule has 0 saturated carbocycles. The van der Waals surface area contributed by atoms with E-state index in [2.05, 4.69) is 14.5 Å². The molecule has 0 rings (SSSR count). The van der Waals surface area contributed by atoms with E-state index in [0.29, 0.717) is 0 Å². The largest absolute Gasteiger partial charge is 0.423 e. The Morgan fingerprint density at radius 1 is 1.00 bits per heavy atom. The monoisotopic (exact) mass is 228 g/mol. The summed E-state index contributed by atoms with van der Waals surface area (Å²) >= 11 is 0. The molecule has 0 aromatic carbocycles. The first-order chi connectivity index (χ1) is 6.19. The van der Waals surface area contributed by atoms with Crippen molar-refractivity contribution in [1.29, 1.82) is 0 Å². The fourth-order valence-corrected chi connectivity index (χ4v) is 0.518. The second-order valence-electron chi connectivity index (χ2n) is 2.03. The third kappa shape index (κ3) is 4.63. The maximum absolute atomic E-state index is 11.7. The molecule has 0 unspecified atom stereocenters. The topological polar surface area (TPSA) is 27.7 Å².